The van der Waals surface area contributed by atoms with Gasteiger partial charge in [-0.1, -0.05) is 0 Å². The van der Waals surface area contributed by atoms with Crippen LogP contribution in [0.5, 0.6) is 0 Å². The molecule has 3 aliphatic rings. The van der Waals surface area contributed by atoms with Crippen LogP contribution in [0.4, 0.5) is 5.82 Å². The molecule has 27 heavy (non-hydrogen) atoms. The van der Waals surface area contributed by atoms with E-state index in [0.717, 1.165) is 49.9 Å². The Hall–Kier alpha value is -2.44. The number of nitrogens with zero attached hydrogens (tertiary/aromatic N) is 6. The second-order valence-corrected chi connectivity index (χ2v) is 8.36. The Labute approximate surface area is 159 Å². The number of aromatic nitrogens is 4. The van der Waals surface area contributed by atoms with Crippen LogP contribution in [-0.2, 0) is 4.79 Å². The van der Waals surface area contributed by atoms with Crippen molar-refractivity contribution in [3.8, 4) is 5.82 Å². The first-order chi connectivity index (χ1) is 13.1. The van der Waals surface area contributed by atoms with Crippen LogP contribution < -0.4 is 4.90 Å². The van der Waals surface area contributed by atoms with Gasteiger partial charge in [-0.3, -0.25) is 4.79 Å². The van der Waals surface area contributed by atoms with Crippen LogP contribution >= 0.6 is 0 Å². The second-order valence-electron chi connectivity index (χ2n) is 8.36. The van der Waals surface area contributed by atoms with Gasteiger partial charge < -0.3 is 9.80 Å². The number of hydrogen-bond donors (Lipinski definition) is 0. The van der Waals surface area contributed by atoms with Crippen LogP contribution in [0.2, 0.25) is 0 Å². The fraction of sp³-hybridized carbons (Fsp3) is 0.600. The molecule has 1 aliphatic carbocycles. The van der Waals surface area contributed by atoms with E-state index >= 15 is 0 Å². The molecule has 1 atom stereocenters. The van der Waals surface area contributed by atoms with E-state index in [4.69, 9.17) is 4.98 Å². The molecule has 0 bridgehead atoms. The molecule has 1 unspecified atom stereocenters. The number of aryl methyl sites for hydroxylation is 1. The van der Waals surface area contributed by atoms with Crippen molar-refractivity contribution in [2.75, 3.05) is 24.5 Å². The van der Waals surface area contributed by atoms with Gasteiger partial charge in [-0.2, -0.15) is 5.10 Å². The van der Waals surface area contributed by atoms with E-state index in [0.29, 0.717) is 18.4 Å². The number of piperidine rings is 2. The van der Waals surface area contributed by atoms with Crippen LogP contribution in [-0.4, -0.2) is 56.2 Å². The van der Waals surface area contributed by atoms with Crippen LogP contribution in [0.15, 0.2) is 24.5 Å². The highest BCUT2D eigenvalue weighted by atomic mass is 16.2. The second kappa shape index (κ2) is 6.32. The minimum Gasteiger partial charge on any atom is -0.356 e. The molecule has 3 fully saturated rings. The highest BCUT2D eigenvalue weighted by Crippen LogP contribution is 2.43. The molecule has 0 N–H and O–H groups in total. The summed E-state index contributed by atoms with van der Waals surface area (Å²) in [6, 6.07) is 4.45. The summed E-state index contributed by atoms with van der Waals surface area (Å²) in [5.41, 5.74) is 0.208. The van der Waals surface area contributed by atoms with Gasteiger partial charge in [0.15, 0.2) is 5.82 Å². The molecule has 4 heterocycles. The van der Waals surface area contributed by atoms with Crippen molar-refractivity contribution in [3.63, 3.8) is 0 Å². The van der Waals surface area contributed by atoms with Crippen molar-refractivity contribution in [2.45, 2.75) is 51.5 Å². The van der Waals surface area contributed by atoms with Crippen molar-refractivity contribution >= 4 is 11.7 Å². The minimum absolute atomic E-state index is 0.208. The molecule has 1 saturated carbocycles. The van der Waals surface area contributed by atoms with Gasteiger partial charge in [-0.05, 0) is 45.1 Å². The number of likely N-dealkylation sites (tertiary alicyclic amines) is 1. The van der Waals surface area contributed by atoms with E-state index in [1.54, 1.807) is 10.9 Å². The molecule has 5 rings (SSSR count). The van der Waals surface area contributed by atoms with E-state index in [-0.39, 0.29) is 5.41 Å². The third kappa shape index (κ3) is 3.19. The molecule has 2 aromatic rings. The number of amides is 1. The van der Waals surface area contributed by atoms with Gasteiger partial charge in [0.25, 0.3) is 0 Å². The van der Waals surface area contributed by atoms with E-state index in [1.807, 2.05) is 25.3 Å². The lowest BCUT2D eigenvalue weighted by Crippen LogP contribution is -2.54. The Morgan fingerprint density at radius 3 is 2.78 bits per heavy atom. The fourth-order valence-electron chi connectivity index (χ4n) is 4.72. The molecule has 1 amide bonds. The zero-order chi connectivity index (χ0) is 18.4. The van der Waals surface area contributed by atoms with Gasteiger partial charge in [-0.25, -0.2) is 14.6 Å². The first-order valence-electron chi connectivity index (χ1n) is 10.0. The lowest BCUT2D eigenvalue weighted by molar-refractivity contribution is -0.138. The molecule has 1 spiro atoms. The molecule has 2 saturated heterocycles. The van der Waals surface area contributed by atoms with Gasteiger partial charge >= 0.3 is 0 Å². The Kier molecular flexibility index (Phi) is 3.91. The molecule has 0 radical (unpaired) electrons. The van der Waals surface area contributed by atoms with Crippen molar-refractivity contribution < 1.29 is 4.79 Å². The summed E-state index contributed by atoms with van der Waals surface area (Å²) in [5, 5.41) is 4.31. The smallest absolute Gasteiger partial charge is 0.222 e. The van der Waals surface area contributed by atoms with Crippen molar-refractivity contribution in [1.82, 2.24) is 24.6 Å². The maximum Gasteiger partial charge on any atom is 0.222 e. The average Bonchev–Trinajstić information content (AvgIpc) is 3.37. The Morgan fingerprint density at radius 2 is 2.00 bits per heavy atom. The number of anilines is 1. The minimum atomic E-state index is 0.208. The van der Waals surface area contributed by atoms with E-state index in [1.165, 1.54) is 19.3 Å². The SMILES string of the molecule is Cc1nc(N2CCCC3(CCC(=O)N(C4CC4)C3)C2)cc(-n2cccn2)n1. The summed E-state index contributed by atoms with van der Waals surface area (Å²) in [7, 11) is 0. The highest BCUT2D eigenvalue weighted by Gasteiger charge is 2.45. The van der Waals surface area contributed by atoms with Gasteiger partial charge in [0.05, 0.1) is 0 Å². The summed E-state index contributed by atoms with van der Waals surface area (Å²) in [6.45, 7) is 4.83. The topological polar surface area (TPSA) is 67.2 Å². The van der Waals surface area contributed by atoms with Gasteiger partial charge in [-0.15, -0.1) is 0 Å². The Morgan fingerprint density at radius 1 is 1.15 bits per heavy atom. The number of hydrogen-bond acceptors (Lipinski definition) is 5. The summed E-state index contributed by atoms with van der Waals surface area (Å²) < 4.78 is 1.78. The molecule has 7 nitrogen and oxygen atoms in total. The summed E-state index contributed by atoms with van der Waals surface area (Å²) in [5.74, 6) is 2.90. The normalized spacial score (nSPS) is 26.0. The number of carbonyl (C=O) groups excluding carboxylic acids is 1. The highest BCUT2D eigenvalue weighted by molar-refractivity contribution is 5.78. The first kappa shape index (κ1) is 16.7. The quantitative estimate of drug-likeness (QED) is 0.834. The maximum absolute atomic E-state index is 12.4. The van der Waals surface area contributed by atoms with Crippen LogP contribution in [0.25, 0.3) is 5.82 Å². The molecule has 0 aromatic carbocycles. The summed E-state index contributed by atoms with van der Waals surface area (Å²) in [6.07, 6.45) is 10.1. The zero-order valence-electron chi connectivity index (χ0n) is 15.8. The van der Waals surface area contributed by atoms with Crippen LogP contribution in [0, 0.1) is 12.3 Å². The molecule has 2 aliphatic heterocycles. The molecule has 2 aromatic heterocycles. The molecule has 142 valence electrons. The largest absolute Gasteiger partial charge is 0.356 e. The van der Waals surface area contributed by atoms with Gasteiger partial charge in [0.2, 0.25) is 5.91 Å². The average molecular weight is 366 g/mol. The van der Waals surface area contributed by atoms with Crippen LogP contribution in [0.3, 0.4) is 0 Å². The molecular weight excluding hydrogens is 340 g/mol. The predicted molar refractivity (Wildman–Crippen MR) is 102 cm³/mol. The number of rotatable bonds is 3. The third-order valence-corrected chi connectivity index (χ3v) is 6.22. The summed E-state index contributed by atoms with van der Waals surface area (Å²) >= 11 is 0. The number of carbonyl (C=O) groups is 1. The lowest BCUT2D eigenvalue weighted by atomic mass is 9.73. The van der Waals surface area contributed by atoms with Crippen LogP contribution in [0.1, 0.15) is 44.3 Å². The third-order valence-electron chi connectivity index (χ3n) is 6.22. The van der Waals surface area contributed by atoms with E-state index in [9.17, 15) is 4.79 Å². The monoisotopic (exact) mass is 366 g/mol. The fourth-order valence-corrected chi connectivity index (χ4v) is 4.72. The van der Waals surface area contributed by atoms with E-state index in [2.05, 4.69) is 19.9 Å². The molecular formula is C20H26N6O. The molecule has 7 heteroatoms. The van der Waals surface area contributed by atoms with E-state index < -0.39 is 0 Å². The Bertz CT molecular complexity index is 846. The predicted octanol–water partition coefficient (Wildman–Crippen LogP) is 2.34. The maximum atomic E-state index is 12.4. The first-order valence-corrected chi connectivity index (χ1v) is 10.0. The Balaban J connectivity index is 1.40. The van der Waals surface area contributed by atoms with Crippen molar-refractivity contribution in [3.05, 3.63) is 30.4 Å². The van der Waals surface area contributed by atoms with Crippen molar-refractivity contribution in [1.29, 1.82) is 0 Å². The van der Waals surface area contributed by atoms with Crippen molar-refractivity contribution in [2.24, 2.45) is 5.41 Å². The van der Waals surface area contributed by atoms with Gasteiger partial charge in [0, 0.05) is 56.0 Å². The zero-order valence-corrected chi connectivity index (χ0v) is 15.8. The standard InChI is InChI=1S/C20H26N6O/c1-15-22-17(12-18(23-15)26-11-3-9-21-26)24-10-2-7-20(13-24)8-6-19(27)25(14-20)16-4-5-16/h3,9,11-12,16H,2,4-8,10,13-14H2,1H3. The summed E-state index contributed by atoms with van der Waals surface area (Å²) in [4.78, 5) is 26.2. The lowest BCUT2D eigenvalue weighted by Gasteiger charge is -2.48. The van der Waals surface area contributed by atoms with Gasteiger partial charge in [0.1, 0.15) is 11.6 Å².